The molecule has 0 spiro atoms. The van der Waals surface area contributed by atoms with E-state index in [-0.39, 0.29) is 23.9 Å². The summed E-state index contributed by atoms with van der Waals surface area (Å²) in [4.78, 5) is 18.2. The van der Waals surface area contributed by atoms with Crippen molar-refractivity contribution in [1.29, 1.82) is 0 Å². The van der Waals surface area contributed by atoms with Crippen molar-refractivity contribution in [3.63, 3.8) is 0 Å². The molecule has 2 heterocycles. The zero-order valence-electron chi connectivity index (χ0n) is 13.5. The van der Waals surface area contributed by atoms with Crippen LogP contribution in [-0.2, 0) is 10.0 Å². The highest BCUT2D eigenvalue weighted by Crippen LogP contribution is 2.18. The van der Waals surface area contributed by atoms with E-state index in [1.165, 1.54) is 16.4 Å². The number of pyridine rings is 1. The van der Waals surface area contributed by atoms with Crippen molar-refractivity contribution in [3.05, 3.63) is 60.2 Å². The van der Waals surface area contributed by atoms with Crippen LogP contribution in [-0.4, -0.2) is 54.7 Å². The van der Waals surface area contributed by atoms with Gasteiger partial charge < -0.3 is 4.90 Å². The molecule has 0 atom stereocenters. The molecule has 1 saturated heterocycles. The molecule has 0 bridgehead atoms. The Morgan fingerprint density at radius 1 is 1.00 bits per heavy atom. The van der Waals surface area contributed by atoms with E-state index in [1.54, 1.807) is 29.3 Å². The number of carbonyl (C=O) groups excluding carboxylic acids is 1. The molecule has 0 unspecified atom stereocenters. The Balaban J connectivity index is 1.73. The molecule has 1 aromatic carbocycles. The topological polar surface area (TPSA) is 70.6 Å². The van der Waals surface area contributed by atoms with Crippen molar-refractivity contribution < 1.29 is 17.6 Å². The van der Waals surface area contributed by atoms with Gasteiger partial charge in [0, 0.05) is 32.4 Å². The number of hydrogen-bond acceptors (Lipinski definition) is 4. The number of nitrogens with zero attached hydrogens (tertiary/aromatic N) is 3. The number of carbonyl (C=O) groups is 1. The van der Waals surface area contributed by atoms with E-state index < -0.39 is 15.8 Å². The maximum Gasteiger partial charge on any atom is 0.272 e. The molecule has 1 aliphatic rings. The molecule has 1 aromatic heterocycles. The van der Waals surface area contributed by atoms with Crippen LogP contribution in [0.3, 0.4) is 0 Å². The zero-order valence-corrected chi connectivity index (χ0v) is 14.3. The van der Waals surface area contributed by atoms with Crippen LogP contribution in [0, 0.1) is 5.82 Å². The second-order valence-corrected chi connectivity index (χ2v) is 7.66. The molecular formula is C17H18FN3O3S. The number of hydrogen-bond donors (Lipinski definition) is 0. The molecule has 25 heavy (non-hydrogen) atoms. The Labute approximate surface area is 145 Å². The number of amides is 1. The molecule has 132 valence electrons. The van der Waals surface area contributed by atoms with E-state index in [1.807, 2.05) is 0 Å². The lowest BCUT2D eigenvalue weighted by molar-refractivity contribution is 0.0758. The van der Waals surface area contributed by atoms with Crippen molar-refractivity contribution in [1.82, 2.24) is 14.2 Å². The molecule has 0 aliphatic carbocycles. The minimum absolute atomic E-state index is 0.0541. The molecule has 1 aliphatic heterocycles. The van der Waals surface area contributed by atoms with Gasteiger partial charge in [0.2, 0.25) is 10.0 Å². The van der Waals surface area contributed by atoms with Crippen molar-refractivity contribution in [2.24, 2.45) is 0 Å². The lowest BCUT2D eigenvalue weighted by Gasteiger charge is -2.21. The van der Waals surface area contributed by atoms with Gasteiger partial charge >= 0.3 is 0 Å². The lowest BCUT2D eigenvalue weighted by Crippen LogP contribution is -2.37. The summed E-state index contributed by atoms with van der Waals surface area (Å²) in [6.45, 7) is 1.25. The fraction of sp³-hybridized carbons (Fsp3) is 0.294. The SMILES string of the molecule is O=C(c1ccccn1)N1CCCN(S(=O)(=O)c2ccc(F)cc2)CC1. The summed E-state index contributed by atoms with van der Waals surface area (Å²) in [6, 6.07) is 9.88. The van der Waals surface area contributed by atoms with Crippen LogP contribution in [0.1, 0.15) is 16.9 Å². The lowest BCUT2D eigenvalue weighted by atomic mass is 10.3. The Bertz CT molecular complexity index is 841. The summed E-state index contributed by atoms with van der Waals surface area (Å²) >= 11 is 0. The third-order valence-corrected chi connectivity index (χ3v) is 5.99. The number of rotatable bonds is 3. The van der Waals surface area contributed by atoms with Gasteiger partial charge in [-0.2, -0.15) is 4.31 Å². The first-order valence-corrected chi connectivity index (χ1v) is 9.38. The molecule has 6 nitrogen and oxygen atoms in total. The van der Waals surface area contributed by atoms with Crippen LogP contribution in [0.25, 0.3) is 0 Å². The highest BCUT2D eigenvalue weighted by Gasteiger charge is 2.28. The van der Waals surface area contributed by atoms with E-state index in [0.717, 1.165) is 12.1 Å². The average Bonchev–Trinajstić information content (AvgIpc) is 2.89. The summed E-state index contributed by atoms with van der Waals surface area (Å²) in [6.07, 6.45) is 2.08. The molecular weight excluding hydrogens is 345 g/mol. The van der Waals surface area contributed by atoms with Crippen molar-refractivity contribution >= 4 is 15.9 Å². The standard InChI is InChI=1S/C17H18FN3O3S/c18-14-5-7-15(8-6-14)25(23,24)21-11-3-10-20(12-13-21)17(22)16-4-1-2-9-19-16/h1-2,4-9H,3,10-13H2. The smallest absolute Gasteiger partial charge is 0.272 e. The third kappa shape index (κ3) is 3.85. The van der Waals surface area contributed by atoms with Gasteiger partial charge in [0.05, 0.1) is 4.90 Å². The van der Waals surface area contributed by atoms with Gasteiger partial charge in [0.15, 0.2) is 0 Å². The zero-order chi connectivity index (χ0) is 17.9. The maximum absolute atomic E-state index is 13.0. The molecule has 0 N–H and O–H groups in total. The maximum atomic E-state index is 13.0. The fourth-order valence-corrected chi connectivity index (χ4v) is 4.21. The Morgan fingerprint density at radius 3 is 2.44 bits per heavy atom. The molecule has 2 aromatic rings. The second-order valence-electron chi connectivity index (χ2n) is 5.72. The second kappa shape index (κ2) is 7.28. The summed E-state index contributed by atoms with van der Waals surface area (Å²) in [5, 5.41) is 0. The van der Waals surface area contributed by atoms with Crippen molar-refractivity contribution in [3.8, 4) is 0 Å². The van der Waals surface area contributed by atoms with Gasteiger partial charge in [0.25, 0.3) is 5.91 Å². The van der Waals surface area contributed by atoms with E-state index in [4.69, 9.17) is 0 Å². The number of halogens is 1. The molecule has 1 amide bonds. The van der Waals surface area contributed by atoms with E-state index >= 15 is 0 Å². The molecule has 3 rings (SSSR count). The Hall–Kier alpha value is -2.32. The van der Waals surface area contributed by atoms with Gasteiger partial charge in [0.1, 0.15) is 11.5 Å². The molecule has 1 fully saturated rings. The highest BCUT2D eigenvalue weighted by atomic mass is 32.2. The third-order valence-electron chi connectivity index (χ3n) is 4.08. The van der Waals surface area contributed by atoms with Crippen LogP contribution in [0.4, 0.5) is 4.39 Å². The van der Waals surface area contributed by atoms with E-state index in [2.05, 4.69) is 4.98 Å². The number of benzene rings is 1. The fourth-order valence-electron chi connectivity index (χ4n) is 2.74. The van der Waals surface area contributed by atoms with Crippen molar-refractivity contribution in [2.45, 2.75) is 11.3 Å². The Kier molecular flexibility index (Phi) is 5.10. The predicted molar refractivity (Wildman–Crippen MR) is 89.9 cm³/mol. The molecule has 0 radical (unpaired) electrons. The Morgan fingerprint density at radius 2 is 1.76 bits per heavy atom. The number of sulfonamides is 1. The molecule has 0 saturated carbocycles. The largest absolute Gasteiger partial charge is 0.336 e. The first kappa shape index (κ1) is 17.5. The first-order chi connectivity index (χ1) is 12.0. The van der Waals surface area contributed by atoms with Gasteiger partial charge in [-0.3, -0.25) is 9.78 Å². The highest BCUT2D eigenvalue weighted by molar-refractivity contribution is 7.89. The predicted octanol–water partition coefficient (Wildman–Crippen LogP) is 1.76. The van der Waals surface area contributed by atoms with Crippen LogP contribution in [0.15, 0.2) is 53.6 Å². The normalized spacial score (nSPS) is 16.4. The summed E-state index contributed by atoms with van der Waals surface area (Å²) in [5.41, 5.74) is 0.345. The minimum Gasteiger partial charge on any atom is -0.336 e. The summed E-state index contributed by atoms with van der Waals surface area (Å²) in [5.74, 6) is -0.691. The average molecular weight is 363 g/mol. The van der Waals surface area contributed by atoms with Crippen LogP contribution >= 0.6 is 0 Å². The quantitative estimate of drug-likeness (QED) is 0.833. The summed E-state index contributed by atoms with van der Waals surface area (Å²) < 4.78 is 39.7. The van der Waals surface area contributed by atoms with Crippen LogP contribution in [0.2, 0.25) is 0 Å². The monoisotopic (exact) mass is 363 g/mol. The minimum atomic E-state index is -3.70. The first-order valence-electron chi connectivity index (χ1n) is 7.94. The van der Waals surface area contributed by atoms with Gasteiger partial charge in [-0.1, -0.05) is 6.07 Å². The van der Waals surface area contributed by atoms with E-state index in [0.29, 0.717) is 25.2 Å². The van der Waals surface area contributed by atoms with E-state index in [9.17, 15) is 17.6 Å². The van der Waals surface area contributed by atoms with Gasteiger partial charge in [-0.25, -0.2) is 12.8 Å². The van der Waals surface area contributed by atoms with Gasteiger partial charge in [-0.15, -0.1) is 0 Å². The molecule has 8 heteroatoms. The van der Waals surface area contributed by atoms with Gasteiger partial charge in [-0.05, 0) is 42.8 Å². The number of aromatic nitrogens is 1. The van der Waals surface area contributed by atoms with Crippen LogP contribution in [0.5, 0.6) is 0 Å². The van der Waals surface area contributed by atoms with Crippen LogP contribution < -0.4 is 0 Å². The van der Waals surface area contributed by atoms with Crippen molar-refractivity contribution in [2.75, 3.05) is 26.2 Å². The summed E-state index contributed by atoms with van der Waals surface area (Å²) in [7, 11) is -3.70.